The molecule has 0 radical (unpaired) electrons. The summed E-state index contributed by atoms with van der Waals surface area (Å²) in [5.41, 5.74) is 1.93. The minimum atomic E-state index is -0.489. The van der Waals surface area contributed by atoms with Crippen LogP contribution < -0.4 is 10.2 Å². The Bertz CT molecular complexity index is 512. The van der Waals surface area contributed by atoms with Crippen LogP contribution in [0, 0.1) is 5.95 Å². The molecule has 0 saturated carbocycles. The molecule has 1 N–H and O–H groups in total. The van der Waals surface area contributed by atoms with E-state index in [9.17, 15) is 4.39 Å². The van der Waals surface area contributed by atoms with Crippen molar-refractivity contribution in [2.75, 3.05) is 24.3 Å². The van der Waals surface area contributed by atoms with Crippen molar-refractivity contribution >= 4 is 17.2 Å². The Morgan fingerprint density at radius 1 is 1.06 bits per heavy atom. The van der Waals surface area contributed by atoms with E-state index in [0.717, 1.165) is 11.4 Å². The van der Waals surface area contributed by atoms with E-state index in [4.69, 9.17) is 0 Å². The van der Waals surface area contributed by atoms with Crippen LogP contribution in [0.4, 0.5) is 21.6 Å². The Labute approximate surface area is 99.9 Å². The van der Waals surface area contributed by atoms with E-state index in [1.165, 1.54) is 6.07 Å². The van der Waals surface area contributed by atoms with Crippen molar-refractivity contribution in [3.05, 3.63) is 48.4 Å². The maximum atomic E-state index is 13.0. The highest BCUT2D eigenvalue weighted by Crippen LogP contribution is 2.26. The number of anilines is 3. The number of benzene rings is 1. The third kappa shape index (κ3) is 2.72. The number of para-hydroxylation sites is 2. The Balaban J connectivity index is 2.30. The average molecular weight is 231 g/mol. The van der Waals surface area contributed by atoms with Crippen molar-refractivity contribution in [1.29, 1.82) is 0 Å². The summed E-state index contributed by atoms with van der Waals surface area (Å²) in [6, 6.07) is 12.5. The maximum absolute atomic E-state index is 13.0. The van der Waals surface area contributed by atoms with Crippen molar-refractivity contribution in [3.63, 3.8) is 0 Å². The van der Waals surface area contributed by atoms with Crippen molar-refractivity contribution in [3.8, 4) is 0 Å². The SMILES string of the molecule is CN(C)c1ccccc1Nc1cccc(F)n1. The molecule has 88 valence electrons. The van der Waals surface area contributed by atoms with Crippen LogP contribution in [0.3, 0.4) is 0 Å². The normalized spacial score (nSPS) is 10.1. The molecule has 0 spiro atoms. The first kappa shape index (κ1) is 11.4. The first-order valence-electron chi connectivity index (χ1n) is 5.33. The topological polar surface area (TPSA) is 28.2 Å². The number of hydrogen-bond acceptors (Lipinski definition) is 3. The number of pyridine rings is 1. The molecule has 1 aromatic carbocycles. The molecule has 0 aliphatic rings. The molecule has 0 atom stereocenters. The monoisotopic (exact) mass is 231 g/mol. The third-order valence-corrected chi connectivity index (χ3v) is 2.36. The van der Waals surface area contributed by atoms with Gasteiger partial charge < -0.3 is 10.2 Å². The predicted molar refractivity (Wildman–Crippen MR) is 68.2 cm³/mol. The van der Waals surface area contributed by atoms with Crippen LogP contribution in [0.5, 0.6) is 0 Å². The molecule has 4 heteroatoms. The Hall–Kier alpha value is -2.10. The van der Waals surface area contributed by atoms with Gasteiger partial charge in [0.15, 0.2) is 0 Å². The maximum Gasteiger partial charge on any atom is 0.214 e. The molecule has 0 bridgehead atoms. The van der Waals surface area contributed by atoms with Gasteiger partial charge in [-0.15, -0.1) is 0 Å². The second kappa shape index (κ2) is 4.82. The van der Waals surface area contributed by atoms with Gasteiger partial charge in [0.2, 0.25) is 5.95 Å². The number of aromatic nitrogens is 1. The summed E-state index contributed by atoms with van der Waals surface area (Å²) in [4.78, 5) is 5.76. The van der Waals surface area contributed by atoms with E-state index in [2.05, 4.69) is 10.3 Å². The molecule has 17 heavy (non-hydrogen) atoms. The van der Waals surface area contributed by atoms with Crippen molar-refractivity contribution in [2.24, 2.45) is 0 Å². The van der Waals surface area contributed by atoms with Gasteiger partial charge in [-0.25, -0.2) is 4.98 Å². The smallest absolute Gasteiger partial charge is 0.214 e. The van der Waals surface area contributed by atoms with Crippen molar-refractivity contribution in [2.45, 2.75) is 0 Å². The zero-order chi connectivity index (χ0) is 12.3. The van der Waals surface area contributed by atoms with E-state index in [1.54, 1.807) is 12.1 Å². The summed E-state index contributed by atoms with van der Waals surface area (Å²) in [6.07, 6.45) is 0. The molecule has 2 rings (SSSR count). The van der Waals surface area contributed by atoms with Crippen LogP contribution in [0.25, 0.3) is 0 Å². The second-order valence-corrected chi connectivity index (χ2v) is 3.88. The zero-order valence-electron chi connectivity index (χ0n) is 9.81. The van der Waals surface area contributed by atoms with E-state index < -0.39 is 5.95 Å². The van der Waals surface area contributed by atoms with Gasteiger partial charge in [0.25, 0.3) is 0 Å². The Kier molecular flexibility index (Phi) is 3.23. The molecule has 0 aliphatic heterocycles. The lowest BCUT2D eigenvalue weighted by atomic mass is 10.2. The number of nitrogens with zero attached hydrogens (tertiary/aromatic N) is 2. The fraction of sp³-hybridized carbons (Fsp3) is 0.154. The largest absolute Gasteiger partial charge is 0.376 e. The van der Waals surface area contributed by atoms with E-state index >= 15 is 0 Å². The fourth-order valence-electron chi connectivity index (χ4n) is 1.59. The van der Waals surface area contributed by atoms with Crippen LogP contribution in [-0.2, 0) is 0 Å². The molecule has 1 aromatic heterocycles. The summed E-state index contributed by atoms with van der Waals surface area (Å²) in [5, 5.41) is 3.10. The second-order valence-electron chi connectivity index (χ2n) is 3.88. The van der Waals surface area contributed by atoms with Gasteiger partial charge in [-0.1, -0.05) is 18.2 Å². The summed E-state index contributed by atoms with van der Waals surface area (Å²) >= 11 is 0. The third-order valence-electron chi connectivity index (χ3n) is 2.36. The molecule has 1 heterocycles. The number of rotatable bonds is 3. The molecule has 0 saturated heterocycles. The van der Waals surface area contributed by atoms with Crippen LogP contribution >= 0.6 is 0 Å². The van der Waals surface area contributed by atoms with Gasteiger partial charge in [0.1, 0.15) is 5.82 Å². The van der Waals surface area contributed by atoms with Gasteiger partial charge in [-0.3, -0.25) is 0 Å². The predicted octanol–water partition coefficient (Wildman–Crippen LogP) is 3.03. The minimum absolute atomic E-state index is 0.489. The first-order chi connectivity index (χ1) is 8.16. The van der Waals surface area contributed by atoms with Crippen molar-refractivity contribution in [1.82, 2.24) is 4.98 Å². The lowest BCUT2D eigenvalue weighted by Gasteiger charge is -2.17. The standard InChI is InChI=1S/C13H14FN3/c1-17(2)11-7-4-3-6-10(11)15-13-9-5-8-12(14)16-13/h3-9H,1-2H3,(H,15,16). The van der Waals surface area contributed by atoms with Crippen LogP contribution in [0.15, 0.2) is 42.5 Å². The van der Waals surface area contributed by atoms with Crippen molar-refractivity contribution < 1.29 is 4.39 Å². The minimum Gasteiger partial charge on any atom is -0.376 e. The highest BCUT2D eigenvalue weighted by atomic mass is 19.1. The lowest BCUT2D eigenvalue weighted by molar-refractivity contribution is 0.585. The molecule has 3 nitrogen and oxygen atoms in total. The van der Waals surface area contributed by atoms with E-state index in [0.29, 0.717) is 5.82 Å². The van der Waals surface area contributed by atoms with Gasteiger partial charge >= 0.3 is 0 Å². The highest BCUT2D eigenvalue weighted by Gasteiger charge is 2.04. The molecular weight excluding hydrogens is 217 g/mol. The number of hydrogen-bond donors (Lipinski definition) is 1. The van der Waals surface area contributed by atoms with Gasteiger partial charge in [0, 0.05) is 14.1 Å². The first-order valence-corrected chi connectivity index (χ1v) is 5.33. The quantitative estimate of drug-likeness (QED) is 0.823. The lowest BCUT2D eigenvalue weighted by Crippen LogP contribution is -2.11. The van der Waals surface area contributed by atoms with Crippen LogP contribution in [0.2, 0.25) is 0 Å². The summed E-state index contributed by atoms with van der Waals surface area (Å²) < 4.78 is 13.0. The zero-order valence-corrected chi connectivity index (χ0v) is 9.81. The van der Waals surface area contributed by atoms with Gasteiger partial charge in [0.05, 0.1) is 11.4 Å². The Morgan fingerprint density at radius 2 is 1.82 bits per heavy atom. The van der Waals surface area contributed by atoms with E-state index in [-0.39, 0.29) is 0 Å². The molecule has 0 fully saturated rings. The molecular formula is C13H14FN3. The van der Waals surface area contributed by atoms with Crippen LogP contribution in [0.1, 0.15) is 0 Å². The number of nitrogens with one attached hydrogen (secondary N) is 1. The fourth-order valence-corrected chi connectivity index (χ4v) is 1.59. The molecule has 0 aliphatic carbocycles. The summed E-state index contributed by atoms with van der Waals surface area (Å²) in [5.74, 6) is 0.0108. The molecule has 0 unspecified atom stereocenters. The number of halogens is 1. The average Bonchev–Trinajstić information content (AvgIpc) is 2.29. The molecule has 0 amide bonds. The highest BCUT2D eigenvalue weighted by molar-refractivity contribution is 5.73. The van der Waals surface area contributed by atoms with Gasteiger partial charge in [-0.2, -0.15) is 4.39 Å². The molecule has 2 aromatic rings. The summed E-state index contributed by atoms with van der Waals surface area (Å²) in [6.45, 7) is 0. The van der Waals surface area contributed by atoms with E-state index in [1.807, 2.05) is 43.3 Å². The van der Waals surface area contributed by atoms with Crippen LogP contribution in [-0.4, -0.2) is 19.1 Å². The summed E-state index contributed by atoms with van der Waals surface area (Å²) in [7, 11) is 3.92. The Morgan fingerprint density at radius 3 is 2.53 bits per heavy atom. The van der Waals surface area contributed by atoms with Gasteiger partial charge in [-0.05, 0) is 24.3 Å².